The number of para-hydroxylation sites is 1. The van der Waals surface area contributed by atoms with Crippen LogP contribution in [0.25, 0.3) is 0 Å². The molecule has 3 nitrogen and oxygen atoms in total. The van der Waals surface area contributed by atoms with Crippen molar-refractivity contribution in [3.8, 4) is 0 Å². The van der Waals surface area contributed by atoms with Gasteiger partial charge in [0.2, 0.25) is 5.91 Å². The Bertz CT molecular complexity index is 769. The topological polar surface area (TPSA) is 32.3 Å². The van der Waals surface area contributed by atoms with Crippen LogP contribution in [0.2, 0.25) is 0 Å². The van der Waals surface area contributed by atoms with Crippen LogP contribution in [0.15, 0.2) is 54.6 Å². The molecule has 0 unspecified atom stereocenters. The number of hydrogen-bond donors (Lipinski definition) is 1. The summed E-state index contributed by atoms with van der Waals surface area (Å²) in [6.07, 6.45) is -1.07. The lowest BCUT2D eigenvalue weighted by atomic mass is 9.90. The highest BCUT2D eigenvalue weighted by Gasteiger charge is 2.33. The Hall–Kier alpha value is -2.34. The number of halogens is 3. The maximum atomic E-state index is 13.0. The molecule has 1 saturated heterocycles. The summed E-state index contributed by atoms with van der Waals surface area (Å²) in [5.74, 6) is 0.259. The SMILES string of the molecule is O=C(CCN1CCC(Cc2ccccc2)CC1)Nc1ccccc1C(F)(F)F. The number of hydrogen-bond acceptors (Lipinski definition) is 2. The summed E-state index contributed by atoms with van der Waals surface area (Å²) in [5.41, 5.74) is 0.357. The normalized spacial score (nSPS) is 16.1. The predicted molar refractivity (Wildman–Crippen MR) is 104 cm³/mol. The molecule has 1 N–H and O–H groups in total. The van der Waals surface area contributed by atoms with Gasteiger partial charge in [-0.25, -0.2) is 0 Å². The van der Waals surface area contributed by atoms with Crippen molar-refractivity contribution in [3.63, 3.8) is 0 Å². The van der Waals surface area contributed by atoms with Gasteiger partial charge in [0.25, 0.3) is 0 Å². The standard InChI is InChI=1S/C22H25F3N2O/c23-22(24,25)19-8-4-5-9-20(19)26-21(28)12-15-27-13-10-18(11-14-27)16-17-6-2-1-3-7-17/h1-9,18H,10-16H2,(H,26,28). The van der Waals surface area contributed by atoms with Crippen LogP contribution in [-0.2, 0) is 17.4 Å². The molecule has 1 heterocycles. The quantitative estimate of drug-likeness (QED) is 0.754. The van der Waals surface area contributed by atoms with Crippen LogP contribution in [0.5, 0.6) is 0 Å². The number of piperidine rings is 1. The van der Waals surface area contributed by atoms with Gasteiger partial charge in [-0.3, -0.25) is 4.79 Å². The second kappa shape index (κ2) is 9.24. The Morgan fingerprint density at radius 1 is 1.00 bits per heavy atom. The number of nitrogens with one attached hydrogen (secondary N) is 1. The fourth-order valence-electron chi connectivity index (χ4n) is 3.67. The van der Waals surface area contributed by atoms with Crippen molar-refractivity contribution in [1.82, 2.24) is 4.90 Å². The van der Waals surface area contributed by atoms with E-state index in [-0.39, 0.29) is 18.0 Å². The van der Waals surface area contributed by atoms with Crippen molar-refractivity contribution in [2.24, 2.45) is 5.92 Å². The average Bonchev–Trinajstić information content (AvgIpc) is 2.68. The molecule has 150 valence electrons. The Morgan fingerprint density at radius 3 is 2.32 bits per heavy atom. The number of benzene rings is 2. The van der Waals surface area contributed by atoms with E-state index in [1.807, 2.05) is 6.07 Å². The summed E-state index contributed by atoms with van der Waals surface area (Å²) in [5, 5.41) is 2.41. The number of alkyl halides is 3. The van der Waals surface area contributed by atoms with Crippen LogP contribution in [0.4, 0.5) is 18.9 Å². The average molecular weight is 390 g/mol. The van der Waals surface area contributed by atoms with Crippen LogP contribution in [0.3, 0.4) is 0 Å². The van der Waals surface area contributed by atoms with Gasteiger partial charge in [-0.2, -0.15) is 13.2 Å². The van der Waals surface area contributed by atoms with Gasteiger partial charge in [-0.15, -0.1) is 0 Å². The molecule has 0 aromatic heterocycles. The van der Waals surface area contributed by atoms with E-state index in [1.165, 1.54) is 23.8 Å². The van der Waals surface area contributed by atoms with Crippen molar-refractivity contribution >= 4 is 11.6 Å². The Labute approximate surface area is 163 Å². The van der Waals surface area contributed by atoms with E-state index >= 15 is 0 Å². The van der Waals surface area contributed by atoms with E-state index in [0.29, 0.717) is 12.5 Å². The van der Waals surface area contributed by atoms with Crippen LogP contribution < -0.4 is 5.32 Å². The van der Waals surface area contributed by atoms with Gasteiger partial charge in [0.1, 0.15) is 0 Å². The van der Waals surface area contributed by atoms with Crippen molar-refractivity contribution < 1.29 is 18.0 Å². The van der Waals surface area contributed by atoms with E-state index in [1.54, 1.807) is 0 Å². The summed E-state index contributed by atoms with van der Waals surface area (Å²) in [4.78, 5) is 14.4. The Morgan fingerprint density at radius 2 is 1.64 bits per heavy atom. The fourth-order valence-corrected chi connectivity index (χ4v) is 3.67. The molecule has 2 aromatic carbocycles. The zero-order valence-corrected chi connectivity index (χ0v) is 15.7. The highest BCUT2D eigenvalue weighted by atomic mass is 19.4. The fraction of sp³-hybridized carbons (Fsp3) is 0.409. The number of nitrogens with zero attached hydrogens (tertiary/aromatic N) is 1. The molecule has 0 atom stereocenters. The van der Waals surface area contributed by atoms with E-state index in [0.717, 1.165) is 38.4 Å². The number of anilines is 1. The number of rotatable bonds is 6. The van der Waals surface area contributed by atoms with Gasteiger partial charge in [0.15, 0.2) is 0 Å². The summed E-state index contributed by atoms with van der Waals surface area (Å²) in [6.45, 7) is 2.41. The molecule has 0 saturated carbocycles. The van der Waals surface area contributed by atoms with Gasteiger partial charge < -0.3 is 10.2 Å². The Balaban J connectivity index is 1.43. The molecule has 0 bridgehead atoms. The molecule has 1 fully saturated rings. The third-order valence-electron chi connectivity index (χ3n) is 5.24. The van der Waals surface area contributed by atoms with E-state index < -0.39 is 11.7 Å². The maximum absolute atomic E-state index is 13.0. The number of amides is 1. The van der Waals surface area contributed by atoms with Gasteiger partial charge in [0.05, 0.1) is 11.3 Å². The monoisotopic (exact) mass is 390 g/mol. The summed E-state index contributed by atoms with van der Waals surface area (Å²) >= 11 is 0. The van der Waals surface area contributed by atoms with Crippen molar-refractivity contribution in [3.05, 3.63) is 65.7 Å². The number of likely N-dealkylation sites (tertiary alicyclic amines) is 1. The molecule has 28 heavy (non-hydrogen) atoms. The van der Waals surface area contributed by atoms with Gasteiger partial charge >= 0.3 is 6.18 Å². The smallest absolute Gasteiger partial charge is 0.325 e. The minimum Gasteiger partial charge on any atom is -0.325 e. The van der Waals surface area contributed by atoms with Crippen molar-refractivity contribution in [1.29, 1.82) is 0 Å². The Kier molecular flexibility index (Phi) is 6.73. The second-order valence-electron chi connectivity index (χ2n) is 7.32. The molecule has 2 aromatic rings. The van der Waals surface area contributed by atoms with Crippen molar-refractivity contribution in [2.45, 2.75) is 31.9 Å². The first-order valence-electron chi connectivity index (χ1n) is 9.64. The molecule has 1 aliphatic rings. The lowest BCUT2D eigenvalue weighted by Gasteiger charge is -2.31. The van der Waals surface area contributed by atoms with Gasteiger partial charge in [-0.05, 0) is 56.0 Å². The minimum atomic E-state index is -4.48. The number of carbonyl (C=O) groups is 1. The van der Waals surface area contributed by atoms with Gasteiger partial charge in [0, 0.05) is 13.0 Å². The lowest BCUT2D eigenvalue weighted by molar-refractivity contribution is -0.137. The van der Waals surface area contributed by atoms with Crippen LogP contribution >= 0.6 is 0 Å². The van der Waals surface area contributed by atoms with E-state index in [4.69, 9.17) is 0 Å². The molecule has 0 radical (unpaired) electrons. The highest BCUT2D eigenvalue weighted by molar-refractivity contribution is 5.91. The molecule has 3 rings (SSSR count). The molecule has 0 aliphatic carbocycles. The molecular formula is C22H25F3N2O. The van der Waals surface area contributed by atoms with Crippen LogP contribution in [0.1, 0.15) is 30.4 Å². The maximum Gasteiger partial charge on any atom is 0.418 e. The highest BCUT2D eigenvalue weighted by Crippen LogP contribution is 2.34. The molecule has 1 amide bonds. The molecule has 0 spiro atoms. The van der Waals surface area contributed by atoms with Crippen molar-refractivity contribution in [2.75, 3.05) is 25.0 Å². The first-order chi connectivity index (χ1) is 13.4. The first kappa shape index (κ1) is 20.4. The second-order valence-corrected chi connectivity index (χ2v) is 7.32. The molecular weight excluding hydrogens is 365 g/mol. The summed E-state index contributed by atoms with van der Waals surface area (Å²) in [6, 6.07) is 15.5. The van der Waals surface area contributed by atoms with Crippen LogP contribution in [-0.4, -0.2) is 30.4 Å². The zero-order valence-electron chi connectivity index (χ0n) is 15.7. The minimum absolute atomic E-state index is 0.179. The van der Waals surface area contributed by atoms with E-state index in [2.05, 4.69) is 34.5 Å². The van der Waals surface area contributed by atoms with Crippen LogP contribution in [0, 0.1) is 5.92 Å². The third kappa shape index (κ3) is 5.83. The zero-order chi connectivity index (χ0) is 20.0. The lowest BCUT2D eigenvalue weighted by Crippen LogP contribution is -2.36. The third-order valence-corrected chi connectivity index (χ3v) is 5.24. The molecule has 1 aliphatic heterocycles. The first-order valence-corrected chi connectivity index (χ1v) is 9.64. The molecule has 6 heteroatoms. The van der Waals surface area contributed by atoms with E-state index in [9.17, 15) is 18.0 Å². The largest absolute Gasteiger partial charge is 0.418 e. The predicted octanol–water partition coefficient (Wildman–Crippen LogP) is 4.99. The summed E-state index contributed by atoms with van der Waals surface area (Å²) in [7, 11) is 0. The number of carbonyl (C=O) groups excluding carboxylic acids is 1. The summed E-state index contributed by atoms with van der Waals surface area (Å²) < 4.78 is 39.0. The van der Waals surface area contributed by atoms with Gasteiger partial charge in [-0.1, -0.05) is 42.5 Å².